The fraction of sp³-hybridized carbons (Fsp3) is 0.500. The minimum absolute atomic E-state index is 0.597. The van der Waals surface area contributed by atoms with Crippen LogP contribution in [0.3, 0.4) is 0 Å². The van der Waals surface area contributed by atoms with Gasteiger partial charge in [-0.3, -0.25) is 0 Å². The molecule has 0 aliphatic heterocycles. The molecular weight excluding hydrogens is 287 g/mol. The van der Waals surface area contributed by atoms with Gasteiger partial charge in [-0.05, 0) is 35.8 Å². The standard InChI is InChI=1S/C10H11BrF3NO/c1-9(2,16-6-10(12,13)14)7-3-4-8(11)15-5-7/h3-5H,6H2,1-2H3. The lowest BCUT2D eigenvalue weighted by molar-refractivity contribution is -0.201. The van der Waals surface area contributed by atoms with Gasteiger partial charge in [0.1, 0.15) is 11.2 Å². The van der Waals surface area contributed by atoms with Crippen LogP contribution in [0.1, 0.15) is 19.4 Å². The maximum atomic E-state index is 12.0. The molecule has 0 atom stereocenters. The number of rotatable bonds is 3. The predicted octanol–water partition coefficient (Wildman–Crippen LogP) is 3.66. The van der Waals surface area contributed by atoms with Crippen LogP contribution in [-0.2, 0) is 10.3 Å². The molecular formula is C10H11BrF3NO. The highest BCUT2D eigenvalue weighted by Crippen LogP contribution is 2.27. The van der Waals surface area contributed by atoms with Gasteiger partial charge < -0.3 is 4.74 Å². The number of alkyl halides is 3. The van der Waals surface area contributed by atoms with Gasteiger partial charge in [0.2, 0.25) is 0 Å². The smallest absolute Gasteiger partial charge is 0.361 e. The fourth-order valence-electron chi connectivity index (χ4n) is 1.08. The van der Waals surface area contributed by atoms with Crippen molar-refractivity contribution >= 4 is 15.9 Å². The van der Waals surface area contributed by atoms with Crippen LogP contribution in [0.2, 0.25) is 0 Å². The lowest BCUT2D eigenvalue weighted by atomic mass is 10.0. The molecule has 1 aromatic rings. The monoisotopic (exact) mass is 297 g/mol. The van der Waals surface area contributed by atoms with Gasteiger partial charge in [0.15, 0.2) is 0 Å². The lowest BCUT2D eigenvalue weighted by Gasteiger charge is -2.26. The van der Waals surface area contributed by atoms with Crippen molar-refractivity contribution in [3.63, 3.8) is 0 Å². The second kappa shape index (κ2) is 4.71. The molecule has 0 saturated carbocycles. The minimum Gasteiger partial charge on any atom is -0.361 e. The van der Waals surface area contributed by atoms with Gasteiger partial charge in [-0.15, -0.1) is 0 Å². The van der Waals surface area contributed by atoms with E-state index in [1.54, 1.807) is 26.0 Å². The molecule has 0 fully saturated rings. The Bertz CT molecular complexity index is 348. The molecule has 0 saturated heterocycles. The first-order valence-electron chi connectivity index (χ1n) is 4.53. The first-order chi connectivity index (χ1) is 7.21. The Morgan fingerprint density at radius 3 is 2.38 bits per heavy atom. The molecule has 0 aromatic carbocycles. The fourth-order valence-corrected chi connectivity index (χ4v) is 1.31. The molecule has 6 heteroatoms. The predicted molar refractivity (Wildman–Crippen MR) is 57.0 cm³/mol. The zero-order valence-electron chi connectivity index (χ0n) is 8.81. The van der Waals surface area contributed by atoms with Crippen molar-refractivity contribution < 1.29 is 17.9 Å². The molecule has 1 rings (SSSR count). The summed E-state index contributed by atoms with van der Waals surface area (Å²) in [5.74, 6) is 0. The van der Waals surface area contributed by atoms with Crippen molar-refractivity contribution in [2.24, 2.45) is 0 Å². The molecule has 0 amide bonds. The Morgan fingerprint density at radius 2 is 1.94 bits per heavy atom. The number of hydrogen-bond acceptors (Lipinski definition) is 2. The zero-order chi connectivity index (χ0) is 12.4. The number of nitrogens with zero attached hydrogens (tertiary/aromatic N) is 1. The Hall–Kier alpha value is -0.620. The highest BCUT2D eigenvalue weighted by molar-refractivity contribution is 9.10. The molecule has 1 heterocycles. The highest BCUT2D eigenvalue weighted by atomic mass is 79.9. The third kappa shape index (κ3) is 4.09. The quantitative estimate of drug-likeness (QED) is 0.795. The molecule has 16 heavy (non-hydrogen) atoms. The summed E-state index contributed by atoms with van der Waals surface area (Å²) in [6.45, 7) is 1.88. The molecule has 1 aromatic heterocycles. The summed E-state index contributed by atoms with van der Waals surface area (Å²) in [5.41, 5.74) is -0.414. The molecule has 90 valence electrons. The van der Waals surface area contributed by atoms with E-state index in [1.807, 2.05) is 0 Å². The summed E-state index contributed by atoms with van der Waals surface area (Å²) in [6.07, 6.45) is -2.83. The van der Waals surface area contributed by atoms with Crippen LogP contribution in [0.25, 0.3) is 0 Å². The maximum absolute atomic E-state index is 12.0. The van der Waals surface area contributed by atoms with Crippen LogP contribution in [0.5, 0.6) is 0 Å². The minimum atomic E-state index is -4.32. The van der Waals surface area contributed by atoms with E-state index in [2.05, 4.69) is 20.9 Å². The van der Waals surface area contributed by atoms with Crippen LogP contribution >= 0.6 is 15.9 Å². The average molecular weight is 298 g/mol. The largest absolute Gasteiger partial charge is 0.411 e. The Labute approximate surface area is 100.0 Å². The third-order valence-corrected chi connectivity index (χ3v) is 2.49. The molecule has 2 nitrogen and oxygen atoms in total. The van der Waals surface area contributed by atoms with Crippen molar-refractivity contribution in [1.29, 1.82) is 0 Å². The van der Waals surface area contributed by atoms with E-state index in [-0.39, 0.29) is 0 Å². The topological polar surface area (TPSA) is 22.1 Å². The summed E-state index contributed by atoms with van der Waals surface area (Å²) >= 11 is 3.15. The van der Waals surface area contributed by atoms with Crippen molar-refractivity contribution in [2.75, 3.05) is 6.61 Å². The number of ether oxygens (including phenoxy) is 1. The summed E-state index contributed by atoms with van der Waals surface area (Å²) in [7, 11) is 0. The van der Waals surface area contributed by atoms with E-state index in [4.69, 9.17) is 4.74 Å². The molecule has 0 aliphatic carbocycles. The van der Waals surface area contributed by atoms with Gasteiger partial charge in [-0.2, -0.15) is 13.2 Å². The number of pyridine rings is 1. The SMILES string of the molecule is CC(C)(OCC(F)(F)F)c1ccc(Br)nc1. The highest BCUT2D eigenvalue weighted by Gasteiger charge is 2.32. The van der Waals surface area contributed by atoms with Crippen LogP contribution in [-0.4, -0.2) is 17.8 Å². The van der Waals surface area contributed by atoms with E-state index in [0.717, 1.165) is 0 Å². The van der Waals surface area contributed by atoms with Crippen LogP contribution < -0.4 is 0 Å². The normalized spacial score (nSPS) is 12.9. The average Bonchev–Trinajstić information content (AvgIpc) is 2.15. The van der Waals surface area contributed by atoms with Gasteiger partial charge in [0, 0.05) is 11.8 Å². The van der Waals surface area contributed by atoms with E-state index >= 15 is 0 Å². The van der Waals surface area contributed by atoms with Gasteiger partial charge in [-0.25, -0.2) is 4.98 Å². The third-order valence-electron chi connectivity index (χ3n) is 2.02. The van der Waals surface area contributed by atoms with E-state index in [1.165, 1.54) is 6.20 Å². The molecule has 0 spiro atoms. The molecule has 0 aliphatic rings. The Morgan fingerprint density at radius 1 is 1.31 bits per heavy atom. The second-order valence-electron chi connectivity index (χ2n) is 3.78. The van der Waals surface area contributed by atoms with E-state index in [0.29, 0.717) is 10.2 Å². The van der Waals surface area contributed by atoms with Crippen LogP contribution in [0.15, 0.2) is 22.9 Å². The van der Waals surface area contributed by atoms with Gasteiger partial charge in [-0.1, -0.05) is 6.07 Å². The Kier molecular flexibility index (Phi) is 3.96. The first kappa shape index (κ1) is 13.4. The van der Waals surface area contributed by atoms with Crippen molar-refractivity contribution in [1.82, 2.24) is 4.98 Å². The molecule has 0 N–H and O–H groups in total. The number of aromatic nitrogens is 1. The lowest BCUT2D eigenvalue weighted by Crippen LogP contribution is -2.28. The van der Waals surface area contributed by atoms with E-state index in [9.17, 15) is 13.2 Å². The molecule has 0 bridgehead atoms. The van der Waals surface area contributed by atoms with Crippen molar-refractivity contribution in [2.45, 2.75) is 25.6 Å². The Balaban J connectivity index is 2.73. The van der Waals surface area contributed by atoms with E-state index < -0.39 is 18.4 Å². The summed E-state index contributed by atoms with van der Waals surface area (Å²) in [4.78, 5) is 3.95. The zero-order valence-corrected chi connectivity index (χ0v) is 10.4. The maximum Gasteiger partial charge on any atom is 0.411 e. The summed E-state index contributed by atoms with van der Waals surface area (Å²) in [6, 6.07) is 3.33. The number of halogens is 4. The van der Waals surface area contributed by atoms with Gasteiger partial charge in [0.05, 0.1) is 5.60 Å². The number of hydrogen-bond donors (Lipinski definition) is 0. The van der Waals surface area contributed by atoms with Gasteiger partial charge >= 0.3 is 6.18 Å². The molecule has 0 radical (unpaired) electrons. The van der Waals surface area contributed by atoms with Crippen LogP contribution in [0, 0.1) is 0 Å². The molecule has 0 unspecified atom stereocenters. The van der Waals surface area contributed by atoms with Crippen LogP contribution in [0.4, 0.5) is 13.2 Å². The first-order valence-corrected chi connectivity index (χ1v) is 5.33. The van der Waals surface area contributed by atoms with Crippen molar-refractivity contribution in [3.05, 3.63) is 28.5 Å². The van der Waals surface area contributed by atoms with Crippen molar-refractivity contribution in [3.8, 4) is 0 Å². The second-order valence-corrected chi connectivity index (χ2v) is 4.60. The van der Waals surface area contributed by atoms with Gasteiger partial charge in [0.25, 0.3) is 0 Å². The summed E-state index contributed by atoms with van der Waals surface area (Å²) in [5, 5.41) is 0. The summed E-state index contributed by atoms with van der Waals surface area (Å²) < 4.78 is 41.5.